The molecule has 15 heavy (non-hydrogen) atoms. The molecular weight excluding hydrogens is 191 g/mol. The van der Waals surface area contributed by atoms with Gasteiger partial charge >= 0.3 is 0 Å². The zero-order chi connectivity index (χ0) is 11.1. The molecule has 2 nitrogen and oxygen atoms in total. The molecule has 1 aliphatic heterocycles. The topological polar surface area (TPSA) is 24.9 Å². The Morgan fingerprint density at radius 3 is 2.53 bits per heavy atom. The van der Waals surface area contributed by atoms with E-state index in [4.69, 9.17) is 0 Å². The smallest absolute Gasteiger partial charge is 0.146 e. The van der Waals surface area contributed by atoms with Crippen molar-refractivity contribution in [2.75, 3.05) is 6.54 Å². The maximum Gasteiger partial charge on any atom is 0.146 e. The van der Waals surface area contributed by atoms with Crippen LogP contribution in [0.5, 0.6) is 0 Å². The molecule has 1 saturated heterocycles. The van der Waals surface area contributed by atoms with Gasteiger partial charge in [0.25, 0.3) is 0 Å². The number of nitrogens with one attached hydrogen (secondary N) is 1. The zero-order valence-electron chi connectivity index (χ0n) is 9.47. The fourth-order valence-corrected chi connectivity index (χ4v) is 1.64. The number of rotatable bonds is 1. The summed E-state index contributed by atoms with van der Waals surface area (Å²) in [6.45, 7) is 7.15. The SMILES string of the molecule is CC(C)(C)c1cnc(C2CCN2)c(F)c1. The summed E-state index contributed by atoms with van der Waals surface area (Å²) in [5.41, 5.74) is 1.47. The summed E-state index contributed by atoms with van der Waals surface area (Å²) in [6.07, 6.45) is 2.77. The van der Waals surface area contributed by atoms with Crippen LogP contribution in [0.3, 0.4) is 0 Å². The molecule has 0 spiro atoms. The molecule has 0 radical (unpaired) electrons. The van der Waals surface area contributed by atoms with Gasteiger partial charge < -0.3 is 5.32 Å². The van der Waals surface area contributed by atoms with Crippen molar-refractivity contribution in [1.82, 2.24) is 10.3 Å². The monoisotopic (exact) mass is 208 g/mol. The van der Waals surface area contributed by atoms with E-state index < -0.39 is 0 Å². The van der Waals surface area contributed by atoms with Gasteiger partial charge in [0, 0.05) is 6.20 Å². The van der Waals surface area contributed by atoms with Crippen molar-refractivity contribution in [1.29, 1.82) is 0 Å². The minimum Gasteiger partial charge on any atom is -0.308 e. The van der Waals surface area contributed by atoms with Crippen LogP contribution in [-0.4, -0.2) is 11.5 Å². The fraction of sp³-hybridized carbons (Fsp3) is 0.583. The normalized spacial score (nSPS) is 21.2. The second-order valence-corrected chi connectivity index (χ2v) is 5.14. The Morgan fingerprint density at radius 1 is 1.47 bits per heavy atom. The molecule has 1 unspecified atom stereocenters. The van der Waals surface area contributed by atoms with Crippen molar-refractivity contribution >= 4 is 0 Å². The first kappa shape index (κ1) is 10.6. The molecule has 1 fully saturated rings. The second kappa shape index (κ2) is 3.56. The lowest BCUT2D eigenvalue weighted by molar-refractivity contribution is 0.360. The van der Waals surface area contributed by atoms with Crippen molar-refractivity contribution < 1.29 is 4.39 Å². The minimum absolute atomic E-state index is 0.0422. The maximum atomic E-state index is 13.7. The first-order valence-corrected chi connectivity index (χ1v) is 5.38. The summed E-state index contributed by atoms with van der Waals surface area (Å²) in [4.78, 5) is 4.23. The largest absolute Gasteiger partial charge is 0.308 e. The van der Waals surface area contributed by atoms with Crippen LogP contribution >= 0.6 is 0 Å². The van der Waals surface area contributed by atoms with E-state index in [1.54, 1.807) is 12.3 Å². The Balaban J connectivity index is 2.30. The van der Waals surface area contributed by atoms with Crippen LogP contribution in [-0.2, 0) is 5.41 Å². The van der Waals surface area contributed by atoms with Crippen molar-refractivity contribution in [3.05, 3.63) is 29.3 Å². The Bertz CT molecular complexity index is 364. The summed E-state index contributed by atoms with van der Waals surface area (Å²) in [5.74, 6) is -0.181. The Hall–Kier alpha value is -0.960. The summed E-state index contributed by atoms with van der Waals surface area (Å²) >= 11 is 0. The average molecular weight is 208 g/mol. The molecule has 1 atom stereocenters. The van der Waals surface area contributed by atoms with E-state index in [0.29, 0.717) is 5.69 Å². The van der Waals surface area contributed by atoms with Crippen LogP contribution < -0.4 is 5.32 Å². The quantitative estimate of drug-likeness (QED) is 0.767. The molecule has 2 heterocycles. The first-order valence-electron chi connectivity index (χ1n) is 5.38. The highest BCUT2D eigenvalue weighted by Gasteiger charge is 2.24. The van der Waals surface area contributed by atoms with E-state index in [1.165, 1.54) is 0 Å². The average Bonchev–Trinajstić information content (AvgIpc) is 2.03. The first-order chi connectivity index (χ1) is 6.98. The van der Waals surface area contributed by atoms with Gasteiger partial charge in [-0.25, -0.2) is 4.39 Å². The van der Waals surface area contributed by atoms with Crippen LogP contribution in [0.25, 0.3) is 0 Å². The molecule has 1 N–H and O–H groups in total. The summed E-state index contributed by atoms with van der Waals surface area (Å²) in [5, 5.41) is 3.16. The molecule has 1 aliphatic rings. The predicted octanol–water partition coefficient (Wildman–Crippen LogP) is 2.55. The maximum absolute atomic E-state index is 13.7. The third-order valence-corrected chi connectivity index (χ3v) is 2.89. The zero-order valence-corrected chi connectivity index (χ0v) is 9.47. The van der Waals surface area contributed by atoms with E-state index in [9.17, 15) is 4.39 Å². The summed E-state index contributed by atoms with van der Waals surface area (Å²) in [6, 6.07) is 1.74. The predicted molar refractivity (Wildman–Crippen MR) is 58.3 cm³/mol. The van der Waals surface area contributed by atoms with Gasteiger partial charge in [-0.3, -0.25) is 4.98 Å². The van der Waals surface area contributed by atoms with Crippen LogP contribution in [0.1, 0.15) is 44.5 Å². The van der Waals surface area contributed by atoms with E-state index in [2.05, 4.69) is 31.1 Å². The molecule has 82 valence electrons. The van der Waals surface area contributed by atoms with E-state index in [0.717, 1.165) is 18.5 Å². The number of pyridine rings is 1. The number of nitrogens with zero attached hydrogens (tertiary/aromatic N) is 1. The highest BCUT2D eigenvalue weighted by molar-refractivity contribution is 5.24. The molecular formula is C12H17FN2. The molecule has 0 aliphatic carbocycles. The van der Waals surface area contributed by atoms with Gasteiger partial charge in [-0.2, -0.15) is 0 Å². The summed E-state index contributed by atoms with van der Waals surface area (Å²) < 4.78 is 13.7. The second-order valence-electron chi connectivity index (χ2n) is 5.14. The lowest BCUT2D eigenvalue weighted by Gasteiger charge is -2.28. The lowest BCUT2D eigenvalue weighted by atomic mass is 9.87. The van der Waals surface area contributed by atoms with Gasteiger partial charge in [0.15, 0.2) is 0 Å². The van der Waals surface area contributed by atoms with Gasteiger partial charge in [0.05, 0.1) is 11.7 Å². The number of aromatic nitrogens is 1. The molecule has 1 aromatic rings. The van der Waals surface area contributed by atoms with Crippen molar-refractivity contribution in [2.24, 2.45) is 0 Å². The van der Waals surface area contributed by atoms with Gasteiger partial charge in [-0.15, -0.1) is 0 Å². The van der Waals surface area contributed by atoms with E-state index >= 15 is 0 Å². The molecule has 0 aromatic carbocycles. The highest BCUT2D eigenvalue weighted by atomic mass is 19.1. The highest BCUT2D eigenvalue weighted by Crippen LogP contribution is 2.27. The Kier molecular flexibility index (Phi) is 2.51. The van der Waals surface area contributed by atoms with E-state index in [-0.39, 0.29) is 17.3 Å². The standard InChI is InChI=1S/C12H17FN2/c1-12(2,3)8-6-9(13)11(15-7-8)10-4-5-14-10/h6-7,10,14H,4-5H2,1-3H3. The van der Waals surface area contributed by atoms with Gasteiger partial charge in [0.1, 0.15) is 5.82 Å². The minimum atomic E-state index is -0.181. The summed E-state index contributed by atoms with van der Waals surface area (Å²) in [7, 11) is 0. The number of hydrogen-bond acceptors (Lipinski definition) is 2. The third kappa shape index (κ3) is 2.02. The molecule has 0 saturated carbocycles. The van der Waals surface area contributed by atoms with Crippen LogP contribution in [0.4, 0.5) is 4.39 Å². The van der Waals surface area contributed by atoms with Crippen molar-refractivity contribution in [3.63, 3.8) is 0 Å². The molecule has 3 heteroatoms. The Labute approximate surface area is 89.9 Å². The van der Waals surface area contributed by atoms with E-state index in [1.807, 2.05) is 0 Å². The number of halogens is 1. The van der Waals surface area contributed by atoms with Gasteiger partial charge in [-0.1, -0.05) is 20.8 Å². The van der Waals surface area contributed by atoms with Crippen LogP contribution in [0.15, 0.2) is 12.3 Å². The van der Waals surface area contributed by atoms with Crippen molar-refractivity contribution in [3.8, 4) is 0 Å². The fourth-order valence-electron chi connectivity index (χ4n) is 1.64. The van der Waals surface area contributed by atoms with Crippen molar-refractivity contribution in [2.45, 2.75) is 38.6 Å². The Morgan fingerprint density at radius 2 is 2.13 bits per heavy atom. The molecule has 2 rings (SSSR count). The molecule has 0 amide bonds. The van der Waals surface area contributed by atoms with Crippen LogP contribution in [0, 0.1) is 5.82 Å². The van der Waals surface area contributed by atoms with Gasteiger partial charge in [-0.05, 0) is 30.0 Å². The molecule has 1 aromatic heterocycles. The van der Waals surface area contributed by atoms with Crippen LogP contribution in [0.2, 0.25) is 0 Å². The molecule has 0 bridgehead atoms. The van der Waals surface area contributed by atoms with Gasteiger partial charge in [0.2, 0.25) is 0 Å². The lowest BCUT2D eigenvalue weighted by Crippen LogP contribution is -2.36. The number of hydrogen-bond donors (Lipinski definition) is 1. The third-order valence-electron chi connectivity index (χ3n) is 2.89.